The minimum atomic E-state index is 0. The molecule has 4 N–H and O–H groups in total. The Hall–Kier alpha value is -0.0800. The fraction of sp³-hybridized carbons (Fsp3) is 1.00. The predicted octanol–water partition coefficient (Wildman–Crippen LogP) is 5.17. The largest absolute Gasteiger partial charge is 0.870 e. The van der Waals surface area contributed by atoms with Crippen LogP contribution in [0.25, 0.3) is 0 Å². The summed E-state index contributed by atoms with van der Waals surface area (Å²) in [5, 5.41) is 0. The van der Waals surface area contributed by atoms with E-state index in [9.17, 15) is 0 Å². The molecule has 2 heteroatoms. The summed E-state index contributed by atoms with van der Waals surface area (Å²) in [6.07, 6.45) is 24.4. The predicted molar refractivity (Wildman–Crippen MR) is 96.5 cm³/mol. The number of hydrogen-bond acceptors (Lipinski definition) is 1. The topological polar surface area (TPSA) is 57.6 Å². The van der Waals surface area contributed by atoms with E-state index in [-0.39, 0.29) is 5.48 Å². The van der Waals surface area contributed by atoms with Gasteiger partial charge in [0, 0.05) is 6.42 Å². The van der Waals surface area contributed by atoms with E-state index in [0.717, 1.165) is 17.8 Å². The van der Waals surface area contributed by atoms with Gasteiger partial charge < -0.3 is 11.2 Å². The van der Waals surface area contributed by atoms with Gasteiger partial charge in [-0.15, -0.1) is 0 Å². The van der Waals surface area contributed by atoms with Crippen molar-refractivity contribution in [2.24, 2.45) is 23.2 Å². The molecule has 3 fully saturated rings. The second kappa shape index (κ2) is 9.42. The van der Waals surface area contributed by atoms with Crippen molar-refractivity contribution >= 4 is 0 Å². The molecule has 2 nitrogen and oxygen atoms in total. The maximum atomic E-state index is 4.36. The maximum absolute atomic E-state index is 4.36. The van der Waals surface area contributed by atoms with Gasteiger partial charge in [0.05, 0.1) is 6.54 Å². The van der Waals surface area contributed by atoms with Crippen molar-refractivity contribution in [1.29, 1.82) is 0 Å². The van der Waals surface area contributed by atoms with E-state index < -0.39 is 0 Å². The van der Waals surface area contributed by atoms with Crippen LogP contribution >= 0.6 is 0 Å². The van der Waals surface area contributed by atoms with Crippen LogP contribution in [0.3, 0.4) is 0 Å². The molecule has 23 heavy (non-hydrogen) atoms. The van der Waals surface area contributed by atoms with E-state index in [1.165, 1.54) is 70.8 Å². The van der Waals surface area contributed by atoms with Crippen molar-refractivity contribution in [2.75, 3.05) is 6.54 Å². The van der Waals surface area contributed by atoms with Gasteiger partial charge in [-0.2, -0.15) is 0 Å². The summed E-state index contributed by atoms with van der Waals surface area (Å²) in [6.45, 7) is 1.18. The van der Waals surface area contributed by atoms with Crippen molar-refractivity contribution in [3.8, 4) is 0 Å². The van der Waals surface area contributed by atoms with Gasteiger partial charge in [0.1, 0.15) is 0 Å². The monoisotopic (exact) mass is 323 g/mol. The normalized spacial score (nSPS) is 26.0. The molecule has 0 aromatic carbocycles. The van der Waals surface area contributed by atoms with Gasteiger partial charge in [0.15, 0.2) is 0 Å². The van der Waals surface area contributed by atoms with Gasteiger partial charge in [-0.1, -0.05) is 57.8 Å². The summed E-state index contributed by atoms with van der Waals surface area (Å²) in [6, 6.07) is 0. The van der Waals surface area contributed by atoms with Gasteiger partial charge in [0.25, 0.3) is 0 Å². The molecule has 0 bridgehead atoms. The zero-order chi connectivity index (χ0) is 15.3. The Labute approximate surface area is 144 Å². The third kappa shape index (κ3) is 4.12. The van der Waals surface area contributed by atoms with E-state index in [4.69, 9.17) is 0 Å². The van der Waals surface area contributed by atoms with Gasteiger partial charge in [-0.25, -0.2) is 0 Å². The smallest absolute Gasteiger partial charge is 0.0745 e. The first-order valence-corrected chi connectivity index (χ1v) is 10.7. The highest BCUT2D eigenvalue weighted by Crippen LogP contribution is 2.58. The van der Waals surface area contributed by atoms with Crippen molar-refractivity contribution in [3.63, 3.8) is 0 Å². The van der Waals surface area contributed by atoms with E-state index in [1.807, 2.05) is 0 Å². The van der Waals surface area contributed by atoms with Crippen LogP contribution in [0.4, 0.5) is 0 Å². The molecule has 0 spiro atoms. The molecular weight excluding hydrogens is 282 g/mol. The quantitative estimate of drug-likeness (QED) is 0.745. The van der Waals surface area contributed by atoms with Gasteiger partial charge in [-0.3, -0.25) is 0 Å². The Morgan fingerprint density at radius 3 is 1.13 bits per heavy atom. The first-order valence-electron chi connectivity index (χ1n) is 10.7. The van der Waals surface area contributed by atoms with Crippen molar-refractivity contribution in [2.45, 2.75) is 103 Å². The molecule has 0 amide bonds. The molecule has 3 rings (SSSR count). The molecule has 0 aromatic rings. The lowest BCUT2D eigenvalue weighted by Gasteiger charge is -2.55. The molecule has 0 aromatic heterocycles. The summed E-state index contributed by atoms with van der Waals surface area (Å²) >= 11 is 0. The molecular formula is C21H41NO. The Balaban J connectivity index is 0.00000192. The molecule has 0 unspecified atom stereocenters. The molecule has 0 aliphatic heterocycles. The van der Waals surface area contributed by atoms with Gasteiger partial charge >= 0.3 is 0 Å². The van der Waals surface area contributed by atoms with E-state index in [0.29, 0.717) is 5.41 Å². The zero-order valence-electron chi connectivity index (χ0n) is 15.4. The molecule has 3 aliphatic rings. The Morgan fingerprint density at radius 1 is 0.565 bits per heavy atom. The molecule has 0 heterocycles. The number of hydrogen-bond donors (Lipinski definition) is 1. The van der Waals surface area contributed by atoms with Crippen LogP contribution in [0.2, 0.25) is 0 Å². The molecule has 3 saturated carbocycles. The average molecular weight is 324 g/mol. The Bertz CT molecular complexity index is 266. The first kappa shape index (κ1) is 19.2. The van der Waals surface area contributed by atoms with E-state index in [2.05, 4.69) is 5.73 Å². The van der Waals surface area contributed by atoms with Crippen LogP contribution in [0.15, 0.2) is 0 Å². The molecule has 136 valence electrons. The highest BCUT2D eigenvalue weighted by molar-refractivity contribution is 4.99. The summed E-state index contributed by atoms with van der Waals surface area (Å²) in [5.41, 5.74) is 5.05. The number of quaternary nitrogens is 1. The van der Waals surface area contributed by atoms with E-state index >= 15 is 0 Å². The highest BCUT2D eigenvalue weighted by Gasteiger charge is 2.50. The molecule has 3 aliphatic carbocycles. The summed E-state index contributed by atoms with van der Waals surface area (Å²) in [5.74, 6) is 3.15. The molecule has 0 saturated heterocycles. The second-order valence-electron chi connectivity index (χ2n) is 8.72. The molecule has 0 radical (unpaired) electrons. The van der Waals surface area contributed by atoms with Crippen LogP contribution in [0.5, 0.6) is 0 Å². The third-order valence-corrected chi connectivity index (χ3v) is 7.71. The Morgan fingerprint density at radius 2 is 0.870 bits per heavy atom. The third-order valence-electron chi connectivity index (χ3n) is 7.71. The van der Waals surface area contributed by atoms with Crippen molar-refractivity contribution in [1.82, 2.24) is 0 Å². The highest BCUT2D eigenvalue weighted by atomic mass is 16.0. The Kier molecular flexibility index (Phi) is 7.88. The van der Waals surface area contributed by atoms with Crippen molar-refractivity contribution < 1.29 is 11.2 Å². The summed E-state index contributed by atoms with van der Waals surface area (Å²) < 4.78 is 0. The van der Waals surface area contributed by atoms with Crippen LogP contribution in [-0.2, 0) is 0 Å². The SMILES string of the molecule is [NH3+]CCC(C1CCCCC1)(C1CCCCC1)C1CCCCC1.[OH-]. The maximum Gasteiger partial charge on any atom is 0.0745 e. The van der Waals surface area contributed by atoms with Crippen LogP contribution in [-0.4, -0.2) is 12.0 Å². The van der Waals surface area contributed by atoms with Crippen LogP contribution in [0.1, 0.15) is 103 Å². The van der Waals surface area contributed by atoms with Crippen molar-refractivity contribution in [3.05, 3.63) is 0 Å². The first-order chi connectivity index (χ1) is 10.9. The zero-order valence-corrected chi connectivity index (χ0v) is 15.4. The lowest BCUT2D eigenvalue weighted by molar-refractivity contribution is -0.376. The van der Waals surface area contributed by atoms with Gasteiger partial charge in [0.2, 0.25) is 0 Å². The lowest BCUT2D eigenvalue weighted by Crippen LogP contribution is -2.56. The molecule has 0 atom stereocenters. The lowest BCUT2D eigenvalue weighted by atomic mass is 9.50. The summed E-state index contributed by atoms with van der Waals surface area (Å²) in [7, 11) is 0. The van der Waals surface area contributed by atoms with E-state index in [1.54, 1.807) is 38.5 Å². The number of rotatable bonds is 5. The minimum absolute atomic E-state index is 0. The van der Waals surface area contributed by atoms with Crippen LogP contribution in [0, 0.1) is 23.2 Å². The second-order valence-corrected chi connectivity index (χ2v) is 8.72. The fourth-order valence-electron chi connectivity index (χ4n) is 6.84. The van der Waals surface area contributed by atoms with Gasteiger partial charge in [-0.05, 0) is 61.7 Å². The summed E-state index contributed by atoms with van der Waals surface area (Å²) in [4.78, 5) is 0. The standard InChI is InChI=1S/C21H39N.H2O/c22-17-16-21(18-10-4-1-5-11-18,19-12-6-2-7-13-19)20-14-8-3-9-15-20;/h18-20H,1-17,22H2;1H2. The fourth-order valence-corrected chi connectivity index (χ4v) is 6.84. The average Bonchev–Trinajstić information content (AvgIpc) is 2.62. The van der Waals surface area contributed by atoms with Crippen LogP contribution < -0.4 is 5.73 Å². The minimum Gasteiger partial charge on any atom is -0.870 e.